The number of para-hydroxylation sites is 1. The largest absolute Gasteiger partial charge is 0.457 e. The van der Waals surface area contributed by atoms with Crippen molar-refractivity contribution in [3.8, 4) is 11.5 Å². The summed E-state index contributed by atoms with van der Waals surface area (Å²) >= 11 is 3.44. The van der Waals surface area contributed by atoms with Crippen molar-refractivity contribution in [3.63, 3.8) is 0 Å². The molecule has 0 spiro atoms. The fraction of sp³-hybridized carbons (Fsp3) is 0.310. The molecular weight excluding hydrogens is 582 g/mol. The van der Waals surface area contributed by atoms with Crippen molar-refractivity contribution < 1.29 is 22.7 Å². The number of halogens is 1. The van der Waals surface area contributed by atoms with Crippen molar-refractivity contribution in [3.05, 3.63) is 88.9 Å². The van der Waals surface area contributed by atoms with E-state index >= 15 is 0 Å². The quantitative estimate of drug-likeness (QED) is 0.332. The van der Waals surface area contributed by atoms with Gasteiger partial charge in [0.2, 0.25) is 21.8 Å². The van der Waals surface area contributed by atoms with E-state index in [0.717, 1.165) is 20.6 Å². The summed E-state index contributed by atoms with van der Waals surface area (Å²) in [6.45, 7) is 6.85. The number of hydrogen-bond donors (Lipinski definition) is 1. The zero-order valence-electron chi connectivity index (χ0n) is 22.7. The SMILES string of the molecule is C[C@@H](C(=O)NC(C)(C)C)N(Cc1cccc(Br)c1)C(=O)CN(c1ccc(Oc2ccccc2)cc1)S(C)(=O)=O. The number of nitrogens with one attached hydrogen (secondary N) is 1. The highest BCUT2D eigenvalue weighted by molar-refractivity contribution is 9.10. The number of carbonyl (C=O) groups is 2. The van der Waals surface area contributed by atoms with Crippen LogP contribution in [0.1, 0.15) is 33.3 Å². The van der Waals surface area contributed by atoms with Gasteiger partial charge in [0.25, 0.3) is 0 Å². The number of ether oxygens (including phenoxy) is 1. The van der Waals surface area contributed by atoms with Gasteiger partial charge >= 0.3 is 0 Å². The standard InChI is InChI=1S/C29H34BrN3O5S/c1-21(28(35)31-29(2,3)4)32(19-22-10-9-11-23(30)18-22)27(34)20-33(39(5,36)37)24-14-16-26(17-15-24)38-25-12-7-6-8-13-25/h6-18,21H,19-20H2,1-5H3,(H,31,35)/t21-/m0/s1. The van der Waals surface area contributed by atoms with Crippen molar-refractivity contribution in [1.29, 1.82) is 0 Å². The second kappa shape index (κ2) is 12.7. The monoisotopic (exact) mass is 615 g/mol. The van der Waals surface area contributed by atoms with Crippen LogP contribution in [0.3, 0.4) is 0 Å². The average molecular weight is 617 g/mol. The normalized spacial score (nSPS) is 12.4. The maximum Gasteiger partial charge on any atom is 0.244 e. The van der Waals surface area contributed by atoms with Gasteiger partial charge in [0.1, 0.15) is 24.1 Å². The Hall–Kier alpha value is -3.37. The number of carbonyl (C=O) groups excluding carboxylic acids is 2. The van der Waals surface area contributed by atoms with Crippen molar-refractivity contribution in [2.75, 3.05) is 17.1 Å². The summed E-state index contributed by atoms with van der Waals surface area (Å²) in [5, 5.41) is 2.90. The van der Waals surface area contributed by atoms with Crippen LogP contribution in [-0.4, -0.2) is 49.5 Å². The van der Waals surface area contributed by atoms with E-state index in [-0.39, 0.29) is 12.5 Å². The lowest BCUT2D eigenvalue weighted by Crippen LogP contribution is -2.54. The summed E-state index contributed by atoms with van der Waals surface area (Å²) < 4.78 is 33.3. The predicted molar refractivity (Wildman–Crippen MR) is 157 cm³/mol. The summed E-state index contributed by atoms with van der Waals surface area (Å²) in [6.07, 6.45) is 1.04. The summed E-state index contributed by atoms with van der Waals surface area (Å²) in [5.41, 5.74) is 0.597. The molecule has 3 rings (SSSR count). The molecule has 0 saturated carbocycles. The Morgan fingerprint density at radius 2 is 1.56 bits per heavy atom. The van der Waals surface area contributed by atoms with E-state index in [1.54, 1.807) is 31.2 Å². The van der Waals surface area contributed by atoms with Gasteiger partial charge in [0.15, 0.2) is 0 Å². The smallest absolute Gasteiger partial charge is 0.244 e. The topological polar surface area (TPSA) is 96.0 Å². The average Bonchev–Trinajstić information content (AvgIpc) is 2.85. The molecular formula is C29H34BrN3O5S. The summed E-state index contributed by atoms with van der Waals surface area (Å²) in [5.74, 6) is 0.320. The van der Waals surface area contributed by atoms with Crippen molar-refractivity contribution in [1.82, 2.24) is 10.2 Å². The molecule has 0 unspecified atom stereocenters. The van der Waals surface area contributed by atoms with Gasteiger partial charge in [-0.05, 0) is 81.8 Å². The van der Waals surface area contributed by atoms with Crippen molar-refractivity contribution in [2.45, 2.75) is 45.8 Å². The van der Waals surface area contributed by atoms with Gasteiger partial charge in [-0.1, -0.05) is 46.3 Å². The number of benzene rings is 3. The first-order chi connectivity index (χ1) is 18.2. The van der Waals surface area contributed by atoms with Gasteiger partial charge in [-0.25, -0.2) is 8.42 Å². The van der Waals surface area contributed by atoms with Gasteiger partial charge in [-0.3, -0.25) is 13.9 Å². The number of nitrogens with zero attached hydrogens (tertiary/aromatic N) is 2. The number of anilines is 1. The molecule has 2 amide bonds. The maximum absolute atomic E-state index is 13.7. The second-order valence-corrected chi connectivity index (χ2v) is 13.1. The lowest BCUT2D eigenvalue weighted by molar-refractivity contribution is -0.140. The summed E-state index contributed by atoms with van der Waals surface area (Å²) in [6, 6.07) is 22.2. The highest BCUT2D eigenvalue weighted by Crippen LogP contribution is 2.26. The van der Waals surface area contributed by atoms with E-state index in [1.807, 2.05) is 75.4 Å². The van der Waals surface area contributed by atoms with Crippen LogP contribution in [0.5, 0.6) is 11.5 Å². The highest BCUT2D eigenvalue weighted by Gasteiger charge is 2.31. The molecule has 0 saturated heterocycles. The van der Waals surface area contributed by atoms with Crippen LogP contribution >= 0.6 is 15.9 Å². The minimum absolute atomic E-state index is 0.123. The Morgan fingerprint density at radius 1 is 0.949 bits per heavy atom. The van der Waals surface area contributed by atoms with E-state index < -0.39 is 34.1 Å². The first kappa shape index (κ1) is 30.2. The van der Waals surface area contributed by atoms with Gasteiger partial charge in [-0.2, -0.15) is 0 Å². The molecule has 0 aliphatic heterocycles. The van der Waals surface area contributed by atoms with Crippen LogP contribution in [-0.2, 0) is 26.2 Å². The van der Waals surface area contributed by atoms with Gasteiger partial charge in [0.05, 0.1) is 11.9 Å². The molecule has 8 nitrogen and oxygen atoms in total. The fourth-order valence-electron chi connectivity index (χ4n) is 3.81. The number of sulfonamides is 1. The molecule has 0 aliphatic carbocycles. The minimum Gasteiger partial charge on any atom is -0.457 e. The predicted octanol–water partition coefficient (Wildman–Crippen LogP) is 5.34. The molecule has 0 radical (unpaired) electrons. The van der Waals surface area contributed by atoms with Gasteiger partial charge < -0.3 is 15.0 Å². The Kier molecular flexibility index (Phi) is 9.79. The zero-order chi connectivity index (χ0) is 28.8. The first-order valence-electron chi connectivity index (χ1n) is 12.4. The van der Waals surface area contributed by atoms with Gasteiger partial charge in [-0.15, -0.1) is 0 Å². The third-order valence-corrected chi connectivity index (χ3v) is 7.32. The minimum atomic E-state index is -3.84. The Balaban J connectivity index is 1.87. The second-order valence-electron chi connectivity index (χ2n) is 10.2. The first-order valence-corrected chi connectivity index (χ1v) is 15.0. The Bertz CT molecular complexity index is 1390. The van der Waals surface area contributed by atoms with Crippen LogP contribution in [0.2, 0.25) is 0 Å². The molecule has 3 aromatic rings. The van der Waals surface area contributed by atoms with Crippen LogP contribution in [0.25, 0.3) is 0 Å². The van der Waals surface area contributed by atoms with Crippen molar-refractivity contribution >= 4 is 43.5 Å². The Morgan fingerprint density at radius 3 is 2.13 bits per heavy atom. The lowest BCUT2D eigenvalue weighted by Gasteiger charge is -2.33. The molecule has 1 N–H and O–H groups in total. The maximum atomic E-state index is 13.7. The van der Waals surface area contributed by atoms with E-state index in [4.69, 9.17) is 4.74 Å². The summed E-state index contributed by atoms with van der Waals surface area (Å²) in [7, 11) is -3.84. The fourth-order valence-corrected chi connectivity index (χ4v) is 5.10. The zero-order valence-corrected chi connectivity index (χ0v) is 25.1. The molecule has 3 aromatic carbocycles. The van der Waals surface area contributed by atoms with Crippen molar-refractivity contribution in [2.24, 2.45) is 0 Å². The van der Waals surface area contributed by atoms with Gasteiger partial charge in [0, 0.05) is 16.6 Å². The molecule has 0 bridgehead atoms. The third kappa shape index (κ3) is 9.11. The number of rotatable bonds is 10. The molecule has 1 atom stereocenters. The van der Waals surface area contributed by atoms with E-state index in [0.29, 0.717) is 17.2 Å². The molecule has 0 aliphatic rings. The highest BCUT2D eigenvalue weighted by atomic mass is 79.9. The number of hydrogen-bond acceptors (Lipinski definition) is 5. The van der Waals surface area contributed by atoms with Crippen LogP contribution < -0.4 is 14.4 Å². The third-order valence-electron chi connectivity index (χ3n) is 5.69. The summed E-state index contributed by atoms with van der Waals surface area (Å²) in [4.78, 5) is 28.1. The molecule has 39 heavy (non-hydrogen) atoms. The molecule has 0 fully saturated rings. The van der Waals surface area contributed by atoms with E-state index in [9.17, 15) is 18.0 Å². The molecule has 208 valence electrons. The van der Waals surface area contributed by atoms with Crippen LogP contribution in [0.4, 0.5) is 5.69 Å². The molecule has 0 aromatic heterocycles. The molecule has 10 heteroatoms. The van der Waals surface area contributed by atoms with Crippen LogP contribution in [0, 0.1) is 0 Å². The van der Waals surface area contributed by atoms with E-state index in [1.165, 1.54) is 4.90 Å². The molecule has 0 heterocycles. The van der Waals surface area contributed by atoms with E-state index in [2.05, 4.69) is 21.2 Å². The lowest BCUT2D eigenvalue weighted by atomic mass is 10.1. The Labute approximate surface area is 239 Å². The van der Waals surface area contributed by atoms with Crippen LogP contribution in [0.15, 0.2) is 83.3 Å². The number of amides is 2.